The average Bonchev–Trinajstić information content (AvgIpc) is 2.61. The maximum atomic E-state index is 13.1. The molecule has 0 saturated heterocycles. The van der Waals surface area contributed by atoms with Gasteiger partial charge in [0, 0.05) is 0 Å². The first-order valence-corrected chi connectivity index (χ1v) is 10.6. The Kier molecular flexibility index (Phi) is 3.36. The van der Waals surface area contributed by atoms with Crippen LogP contribution in [0.2, 0.25) is 0 Å². The molecule has 0 aromatic rings. The molecule has 0 heterocycles. The van der Waals surface area contributed by atoms with Crippen LogP contribution in [-0.2, 0) is 4.79 Å². The fourth-order valence-electron chi connectivity index (χ4n) is 8.97. The molecule has 0 aromatic carbocycles. The molecule has 6 unspecified atom stereocenters. The van der Waals surface area contributed by atoms with E-state index in [1.807, 2.05) is 0 Å². The van der Waals surface area contributed by atoms with E-state index < -0.39 is 0 Å². The van der Waals surface area contributed by atoms with E-state index >= 15 is 0 Å². The Balaban J connectivity index is 1.68. The van der Waals surface area contributed by atoms with Crippen molar-refractivity contribution in [3.05, 3.63) is 0 Å². The summed E-state index contributed by atoms with van der Waals surface area (Å²) in [5.41, 5.74) is 6.22. The van der Waals surface area contributed by atoms with Crippen LogP contribution < -0.4 is 5.73 Å². The number of primary amides is 1. The molecule has 6 atom stereocenters. The third-order valence-corrected chi connectivity index (χ3v) is 9.21. The second-order valence-electron chi connectivity index (χ2n) is 9.54. The molecule has 2 nitrogen and oxygen atoms in total. The molecule has 0 spiro atoms. The van der Waals surface area contributed by atoms with Crippen LogP contribution in [0.4, 0.5) is 0 Å². The van der Waals surface area contributed by atoms with Crippen LogP contribution in [-0.4, -0.2) is 5.91 Å². The Morgan fingerprint density at radius 2 is 1.00 bits per heavy atom. The van der Waals surface area contributed by atoms with Crippen LogP contribution in [0.3, 0.4) is 0 Å². The minimum absolute atomic E-state index is 0.101. The molecule has 6 rings (SSSR count). The van der Waals surface area contributed by atoms with Crippen molar-refractivity contribution in [1.82, 2.24) is 0 Å². The summed E-state index contributed by atoms with van der Waals surface area (Å²) in [7, 11) is 0. The lowest BCUT2D eigenvalue weighted by Crippen LogP contribution is -2.71. The molecule has 128 valence electrons. The van der Waals surface area contributed by atoms with Crippen molar-refractivity contribution < 1.29 is 4.79 Å². The zero-order valence-electron chi connectivity index (χ0n) is 14.5. The van der Waals surface area contributed by atoms with Crippen LogP contribution >= 0.6 is 0 Å². The summed E-state index contributed by atoms with van der Waals surface area (Å²) in [6, 6.07) is 0. The normalized spacial score (nSPS) is 54.7. The van der Waals surface area contributed by atoms with Gasteiger partial charge in [-0.05, 0) is 80.0 Å². The molecule has 6 saturated carbocycles. The molecule has 0 aliphatic heterocycles. The van der Waals surface area contributed by atoms with E-state index in [9.17, 15) is 4.79 Å². The second kappa shape index (κ2) is 5.23. The van der Waals surface area contributed by atoms with Crippen LogP contribution in [0.15, 0.2) is 0 Å². The predicted molar refractivity (Wildman–Crippen MR) is 91.5 cm³/mol. The molecule has 2 bridgehead atoms. The van der Waals surface area contributed by atoms with E-state index in [4.69, 9.17) is 5.73 Å². The van der Waals surface area contributed by atoms with Gasteiger partial charge in [0.2, 0.25) is 5.91 Å². The van der Waals surface area contributed by atoms with Gasteiger partial charge in [0.15, 0.2) is 0 Å². The van der Waals surface area contributed by atoms with Crippen molar-refractivity contribution >= 4 is 5.91 Å². The SMILES string of the molecule is NC(=O)C12C3CCCCC3C(C3CCCCC31)C1CCCCC12. The minimum Gasteiger partial charge on any atom is -0.369 e. The highest BCUT2D eigenvalue weighted by atomic mass is 16.1. The van der Waals surface area contributed by atoms with Crippen LogP contribution in [0.25, 0.3) is 0 Å². The van der Waals surface area contributed by atoms with Crippen molar-refractivity contribution in [3.63, 3.8) is 0 Å². The first kappa shape index (κ1) is 14.8. The molecule has 6 aliphatic rings. The van der Waals surface area contributed by atoms with Crippen molar-refractivity contribution in [2.75, 3.05) is 0 Å². The molecular weight excluding hydrogens is 282 g/mol. The monoisotopic (exact) mass is 315 g/mol. The first-order valence-electron chi connectivity index (χ1n) is 10.6. The molecule has 2 N–H and O–H groups in total. The average molecular weight is 316 g/mol. The summed E-state index contributed by atoms with van der Waals surface area (Å²) >= 11 is 0. The Morgan fingerprint density at radius 1 is 0.652 bits per heavy atom. The molecular formula is C21H33NO. The maximum absolute atomic E-state index is 13.1. The maximum Gasteiger partial charge on any atom is 0.224 e. The molecule has 1 amide bonds. The van der Waals surface area contributed by atoms with Gasteiger partial charge in [-0.2, -0.15) is 0 Å². The van der Waals surface area contributed by atoms with Gasteiger partial charge in [-0.3, -0.25) is 4.79 Å². The Morgan fingerprint density at radius 3 is 1.35 bits per heavy atom. The van der Waals surface area contributed by atoms with Crippen LogP contribution in [0.5, 0.6) is 0 Å². The topological polar surface area (TPSA) is 43.1 Å². The van der Waals surface area contributed by atoms with Gasteiger partial charge in [0.1, 0.15) is 0 Å². The standard InChI is InChI=1S/C21H33NO/c22-20(23)21-16-10-4-1-7-13(16)19(14-8-2-5-11-17(14)21)15-9-3-6-12-18(15)21/h13-19H,1-12H2,(H2,22,23). The van der Waals surface area contributed by atoms with Gasteiger partial charge in [0.05, 0.1) is 5.41 Å². The Labute approximate surface area is 141 Å². The summed E-state index contributed by atoms with van der Waals surface area (Å²) in [6.45, 7) is 0. The Hall–Kier alpha value is -0.530. The predicted octanol–water partition coefficient (Wildman–Crippen LogP) is 4.52. The van der Waals surface area contributed by atoms with E-state index in [-0.39, 0.29) is 11.3 Å². The smallest absolute Gasteiger partial charge is 0.224 e. The van der Waals surface area contributed by atoms with Gasteiger partial charge < -0.3 is 5.73 Å². The summed E-state index contributed by atoms with van der Waals surface area (Å²) in [5.74, 6) is 5.56. The Bertz CT molecular complexity index is 440. The lowest BCUT2D eigenvalue weighted by atomic mass is 9.32. The van der Waals surface area contributed by atoms with Crippen molar-refractivity contribution in [2.24, 2.45) is 52.6 Å². The van der Waals surface area contributed by atoms with Crippen LogP contribution in [0.1, 0.15) is 77.0 Å². The first-order chi connectivity index (χ1) is 11.3. The number of hydrogen-bond acceptors (Lipinski definition) is 1. The van der Waals surface area contributed by atoms with Crippen molar-refractivity contribution in [1.29, 1.82) is 0 Å². The number of hydrogen-bond donors (Lipinski definition) is 1. The van der Waals surface area contributed by atoms with Crippen molar-refractivity contribution in [3.8, 4) is 0 Å². The molecule has 2 heteroatoms. The van der Waals surface area contributed by atoms with E-state index in [0.717, 1.165) is 23.7 Å². The van der Waals surface area contributed by atoms with Crippen molar-refractivity contribution in [2.45, 2.75) is 77.0 Å². The fraction of sp³-hybridized carbons (Fsp3) is 0.952. The van der Waals surface area contributed by atoms with Gasteiger partial charge in [0.25, 0.3) is 0 Å². The third-order valence-electron chi connectivity index (χ3n) is 9.21. The number of amides is 1. The van der Waals surface area contributed by atoms with Gasteiger partial charge in [-0.1, -0.05) is 38.5 Å². The molecule has 23 heavy (non-hydrogen) atoms. The van der Waals surface area contributed by atoms with E-state index in [1.165, 1.54) is 77.0 Å². The second-order valence-corrected chi connectivity index (χ2v) is 9.54. The number of nitrogens with two attached hydrogens (primary N) is 1. The largest absolute Gasteiger partial charge is 0.369 e. The number of rotatable bonds is 1. The molecule has 0 radical (unpaired) electrons. The van der Waals surface area contributed by atoms with Crippen LogP contribution in [0, 0.1) is 46.8 Å². The zero-order valence-corrected chi connectivity index (χ0v) is 14.5. The number of carbonyl (C=O) groups is 1. The molecule has 6 fully saturated rings. The highest BCUT2D eigenvalue weighted by molar-refractivity contribution is 5.83. The lowest BCUT2D eigenvalue weighted by molar-refractivity contribution is -0.239. The van der Waals surface area contributed by atoms with E-state index in [0.29, 0.717) is 17.8 Å². The number of carbonyl (C=O) groups excluding carboxylic acids is 1. The minimum atomic E-state index is -0.101. The zero-order chi connectivity index (χ0) is 15.6. The molecule has 0 aromatic heterocycles. The van der Waals surface area contributed by atoms with Gasteiger partial charge in [-0.15, -0.1) is 0 Å². The highest BCUT2D eigenvalue weighted by Gasteiger charge is 2.71. The summed E-state index contributed by atoms with van der Waals surface area (Å²) in [5, 5.41) is 0. The summed E-state index contributed by atoms with van der Waals surface area (Å²) in [4.78, 5) is 13.1. The summed E-state index contributed by atoms with van der Waals surface area (Å²) in [6.07, 6.45) is 16.4. The fourth-order valence-corrected chi connectivity index (χ4v) is 8.97. The van der Waals surface area contributed by atoms with E-state index in [2.05, 4.69) is 0 Å². The quantitative estimate of drug-likeness (QED) is 0.759. The summed E-state index contributed by atoms with van der Waals surface area (Å²) < 4.78 is 0. The molecule has 6 aliphatic carbocycles. The highest BCUT2D eigenvalue weighted by Crippen LogP contribution is 2.73. The lowest BCUT2D eigenvalue weighted by Gasteiger charge is -2.71. The van der Waals surface area contributed by atoms with E-state index in [1.54, 1.807) is 0 Å². The third kappa shape index (κ3) is 1.74. The van der Waals surface area contributed by atoms with Gasteiger partial charge in [-0.25, -0.2) is 0 Å². The van der Waals surface area contributed by atoms with Gasteiger partial charge >= 0.3 is 0 Å².